The third-order valence-corrected chi connectivity index (χ3v) is 11.5. The molecule has 0 radical (unpaired) electrons. The summed E-state index contributed by atoms with van der Waals surface area (Å²) in [6, 6.07) is -10.1. The average Bonchev–Trinajstić information content (AvgIpc) is 3.33. The number of aliphatic carboxylic acids is 1. The highest BCUT2D eigenvalue weighted by Crippen LogP contribution is 2.10. The number of aliphatic imine (C=N–C) groups is 3. The van der Waals surface area contributed by atoms with Crippen molar-refractivity contribution in [1.82, 2.24) is 37.2 Å². The molecule has 0 aromatic rings. The lowest BCUT2D eigenvalue weighted by Gasteiger charge is -2.27. The van der Waals surface area contributed by atoms with E-state index in [4.69, 9.17) is 57.3 Å². The van der Waals surface area contributed by atoms with Crippen molar-refractivity contribution in [2.45, 2.75) is 145 Å². The van der Waals surface area contributed by atoms with Gasteiger partial charge in [-0.25, -0.2) is 4.79 Å². The van der Waals surface area contributed by atoms with Crippen molar-refractivity contribution in [3.05, 3.63) is 0 Å². The molecule has 0 aliphatic rings. The van der Waals surface area contributed by atoms with Crippen LogP contribution in [0.4, 0.5) is 0 Å². The zero-order chi connectivity index (χ0) is 55.3. The molecule has 418 valence electrons. The second kappa shape index (κ2) is 39.6. The quantitative estimate of drug-likeness (QED) is 0.0117. The van der Waals surface area contributed by atoms with E-state index in [1.54, 1.807) is 0 Å². The first-order valence-corrected chi connectivity index (χ1v) is 25.5. The molecule has 0 rings (SSSR count). The second-order valence-corrected chi connectivity index (χ2v) is 17.7. The van der Waals surface area contributed by atoms with E-state index in [1.807, 2.05) is 0 Å². The highest BCUT2D eigenvalue weighted by atomic mass is 32.1. The lowest BCUT2D eigenvalue weighted by molar-refractivity contribution is -0.142. The first-order chi connectivity index (χ1) is 34.6. The number of nitrogens with two attached hydrogens (primary N) is 10. The Labute approximate surface area is 437 Å². The molecular formula is C42H84N20O9S2. The molecule has 0 bridgehead atoms. The van der Waals surface area contributed by atoms with Gasteiger partial charge in [0.2, 0.25) is 41.4 Å². The van der Waals surface area contributed by atoms with Gasteiger partial charge in [0.15, 0.2) is 17.9 Å². The summed E-state index contributed by atoms with van der Waals surface area (Å²) in [5, 5.41) is 27.8. The van der Waals surface area contributed by atoms with Crippen molar-refractivity contribution in [1.29, 1.82) is 0 Å². The Kier molecular flexibility index (Phi) is 36.4. The minimum atomic E-state index is -1.41. The summed E-state index contributed by atoms with van der Waals surface area (Å²) >= 11 is 8.50. The van der Waals surface area contributed by atoms with E-state index < -0.39 is 95.7 Å². The molecule has 29 nitrogen and oxygen atoms in total. The Hall–Kier alpha value is -5.89. The van der Waals surface area contributed by atoms with E-state index in [0.29, 0.717) is 58.0 Å². The maximum atomic E-state index is 14.2. The maximum absolute atomic E-state index is 14.2. The maximum Gasteiger partial charge on any atom is 0.326 e. The molecule has 0 fully saturated rings. The minimum absolute atomic E-state index is 0.0304. The third-order valence-electron chi connectivity index (χ3n) is 10.8. The van der Waals surface area contributed by atoms with Gasteiger partial charge >= 0.3 is 5.97 Å². The molecule has 0 aromatic heterocycles. The standard InChI is InChI=1S/C42H84N20O9S2/c43-16-4-1-11-25(56-32(63)24(46)10-7-19-53-40(47)48)36(67)61-31(23-73)38(69)62-30(22-72)37(68)59-28(15-9-21-55-42(51)52)34(65)58-27(14-8-20-54-41(49)50)33(64)57-26(12-2-5-17-44)35(66)60-29(39(70)71)13-3-6-18-45/h24-31,72-73H,1-23,43-46H2,(H,56,63)(H,57,64)(H,58,65)(H,59,68)(H,60,66)(H,61,67)(H,62,69)(H,70,71)(H4,47,48,53)(H4,49,50,54)(H4,51,52,55)/t24-,25-,26-,27-,28-,29-,30-,31-/m0/s1. The summed E-state index contributed by atoms with van der Waals surface area (Å²) in [5.41, 5.74) is 55.6. The van der Waals surface area contributed by atoms with E-state index in [2.05, 4.69) is 77.5 Å². The fourth-order valence-corrected chi connectivity index (χ4v) is 7.28. The number of unbranched alkanes of at least 4 members (excludes halogenated alkanes) is 3. The number of hydrogen-bond acceptors (Lipinski definition) is 17. The van der Waals surface area contributed by atoms with E-state index in [0.717, 1.165) is 0 Å². The van der Waals surface area contributed by atoms with Crippen LogP contribution < -0.4 is 94.6 Å². The van der Waals surface area contributed by atoms with Crippen LogP contribution in [-0.4, -0.2) is 169 Å². The van der Waals surface area contributed by atoms with Crippen LogP contribution in [0.15, 0.2) is 15.0 Å². The van der Waals surface area contributed by atoms with E-state index in [1.165, 1.54) is 0 Å². The fourth-order valence-electron chi connectivity index (χ4n) is 6.77. The van der Waals surface area contributed by atoms with Crippen LogP contribution in [0.3, 0.4) is 0 Å². The largest absolute Gasteiger partial charge is 0.480 e. The first-order valence-electron chi connectivity index (χ1n) is 24.2. The van der Waals surface area contributed by atoms with Crippen LogP contribution in [0, 0.1) is 0 Å². The Balaban J connectivity index is 6.54. The van der Waals surface area contributed by atoms with E-state index in [-0.39, 0.29) is 107 Å². The highest BCUT2D eigenvalue weighted by Gasteiger charge is 2.34. The molecule has 0 heterocycles. The van der Waals surface area contributed by atoms with Crippen molar-refractivity contribution in [2.75, 3.05) is 50.8 Å². The molecule has 0 aliphatic carbocycles. The van der Waals surface area contributed by atoms with Crippen LogP contribution in [-0.2, 0) is 38.4 Å². The van der Waals surface area contributed by atoms with Crippen molar-refractivity contribution < 1.29 is 43.5 Å². The number of amides is 7. The molecule has 0 unspecified atom stereocenters. The summed E-state index contributed by atoms with van der Waals surface area (Å²) in [7, 11) is 0. The smallest absolute Gasteiger partial charge is 0.326 e. The molecule has 8 atom stereocenters. The van der Waals surface area contributed by atoms with Gasteiger partial charge in [0.05, 0.1) is 6.04 Å². The van der Waals surface area contributed by atoms with Gasteiger partial charge in [-0.15, -0.1) is 0 Å². The Morgan fingerprint density at radius 1 is 0.370 bits per heavy atom. The second-order valence-electron chi connectivity index (χ2n) is 16.9. The van der Waals surface area contributed by atoms with E-state index in [9.17, 15) is 43.5 Å². The monoisotopic (exact) mass is 1080 g/mol. The van der Waals surface area contributed by atoms with Crippen molar-refractivity contribution >= 4 is 90.5 Å². The number of carboxylic acid groups (broad SMARTS) is 1. The van der Waals surface area contributed by atoms with Crippen molar-refractivity contribution in [2.24, 2.45) is 72.3 Å². The number of carbonyl (C=O) groups is 8. The molecule has 73 heavy (non-hydrogen) atoms. The number of guanidine groups is 3. The van der Waals surface area contributed by atoms with Crippen LogP contribution in [0.1, 0.15) is 96.3 Å². The molecular weight excluding hydrogens is 993 g/mol. The van der Waals surface area contributed by atoms with Gasteiger partial charge in [0, 0.05) is 31.1 Å². The van der Waals surface area contributed by atoms with Crippen LogP contribution in [0.5, 0.6) is 0 Å². The lowest BCUT2D eigenvalue weighted by Crippen LogP contribution is -2.60. The highest BCUT2D eigenvalue weighted by molar-refractivity contribution is 7.80. The molecule has 31 heteroatoms. The molecule has 0 saturated heterocycles. The summed E-state index contributed by atoms with van der Waals surface area (Å²) in [4.78, 5) is 120. The number of nitrogens with one attached hydrogen (secondary N) is 7. The van der Waals surface area contributed by atoms with Crippen molar-refractivity contribution in [3.63, 3.8) is 0 Å². The fraction of sp³-hybridized carbons (Fsp3) is 0.738. The molecule has 0 aromatic carbocycles. The van der Waals surface area contributed by atoms with E-state index >= 15 is 0 Å². The van der Waals surface area contributed by atoms with Gasteiger partial charge in [-0.2, -0.15) is 25.3 Å². The molecule has 0 spiro atoms. The van der Waals surface area contributed by atoms with Gasteiger partial charge < -0.3 is 99.7 Å². The zero-order valence-corrected chi connectivity index (χ0v) is 43.4. The normalized spacial score (nSPS) is 14.2. The van der Waals surface area contributed by atoms with Gasteiger partial charge in [0.25, 0.3) is 0 Å². The molecule has 7 amide bonds. The molecule has 0 aliphatic heterocycles. The molecule has 28 N–H and O–H groups in total. The summed E-state index contributed by atoms with van der Waals surface area (Å²) in [6.45, 7) is 1.23. The number of rotatable bonds is 41. The number of hydrogen-bond donors (Lipinski definition) is 20. The predicted molar refractivity (Wildman–Crippen MR) is 285 cm³/mol. The number of thiol groups is 2. The van der Waals surface area contributed by atoms with Crippen LogP contribution >= 0.6 is 25.3 Å². The van der Waals surface area contributed by atoms with Crippen LogP contribution in [0.25, 0.3) is 0 Å². The van der Waals surface area contributed by atoms with Crippen molar-refractivity contribution in [3.8, 4) is 0 Å². The van der Waals surface area contributed by atoms with Gasteiger partial charge in [-0.3, -0.25) is 48.5 Å². The summed E-state index contributed by atoms with van der Waals surface area (Å²) in [5.74, 6) is -7.97. The number of carboxylic acids is 1. The number of nitrogens with zero attached hydrogens (tertiary/aromatic N) is 3. The topological polar surface area (TPSA) is 538 Å². The Morgan fingerprint density at radius 3 is 0.904 bits per heavy atom. The minimum Gasteiger partial charge on any atom is -0.480 e. The van der Waals surface area contributed by atoms with Gasteiger partial charge in [-0.05, 0) is 116 Å². The number of carbonyl (C=O) groups excluding carboxylic acids is 7. The SMILES string of the molecule is NCCCC[C@H](NC(=O)[C@H](CCCCN)NC(=O)[C@H](CCCN=C(N)N)NC(=O)[C@H](CCCN=C(N)N)NC(=O)[C@H](CS)NC(=O)[C@H](CS)NC(=O)[C@H](CCCCN)NC(=O)[C@@H](N)CCCN=C(N)N)C(=O)O. The van der Waals surface area contributed by atoms with Gasteiger partial charge in [0.1, 0.15) is 42.3 Å². The Bertz CT molecular complexity index is 1800. The van der Waals surface area contributed by atoms with Crippen LogP contribution in [0.2, 0.25) is 0 Å². The summed E-state index contributed by atoms with van der Waals surface area (Å²) in [6.07, 6.45) is 3.78. The average molecular weight is 1080 g/mol. The molecule has 0 saturated carbocycles. The predicted octanol–water partition coefficient (Wildman–Crippen LogP) is -6.80. The zero-order valence-electron chi connectivity index (χ0n) is 41.6. The van der Waals surface area contributed by atoms with Gasteiger partial charge in [-0.1, -0.05) is 0 Å². The Morgan fingerprint density at radius 2 is 0.616 bits per heavy atom. The first kappa shape index (κ1) is 67.1. The lowest BCUT2D eigenvalue weighted by atomic mass is 10.0. The third kappa shape index (κ3) is 30.7. The summed E-state index contributed by atoms with van der Waals surface area (Å²) < 4.78 is 0.